The van der Waals surface area contributed by atoms with Crippen molar-refractivity contribution in [3.63, 3.8) is 0 Å². The van der Waals surface area contributed by atoms with Crippen molar-refractivity contribution in [2.24, 2.45) is 0 Å². The lowest BCUT2D eigenvalue weighted by molar-refractivity contribution is -0.137. The molecule has 0 amide bonds. The van der Waals surface area contributed by atoms with Crippen LogP contribution in [0.25, 0.3) is 11.1 Å². The maximum absolute atomic E-state index is 12.9. The molecule has 0 aliphatic carbocycles. The molecule has 3 aromatic rings. The van der Waals surface area contributed by atoms with Gasteiger partial charge in [0.15, 0.2) is 0 Å². The van der Waals surface area contributed by atoms with Crippen LogP contribution < -0.4 is 5.32 Å². The van der Waals surface area contributed by atoms with Crippen LogP contribution in [0.15, 0.2) is 72.8 Å². The Labute approximate surface area is 144 Å². The van der Waals surface area contributed by atoms with Gasteiger partial charge in [0.05, 0.1) is 11.6 Å². The third-order valence-electron chi connectivity index (χ3n) is 4.61. The van der Waals surface area contributed by atoms with Gasteiger partial charge in [-0.3, -0.25) is 0 Å². The molecule has 0 spiro atoms. The van der Waals surface area contributed by atoms with Crippen molar-refractivity contribution in [1.82, 2.24) is 0 Å². The molecule has 1 N–H and O–H groups in total. The molecule has 3 aromatic carbocycles. The normalized spacial score (nSPS) is 16.4. The SMILES string of the molecule is FC(F)(F)c1ccc2c(c1)NC(c1ccc(-c3ccccc3)cc1)C2. The second-order valence-corrected chi connectivity index (χ2v) is 6.26. The summed E-state index contributed by atoms with van der Waals surface area (Å²) in [4.78, 5) is 0. The minimum absolute atomic E-state index is 0.00306. The zero-order chi connectivity index (χ0) is 17.4. The second-order valence-electron chi connectivity index (χ2n) is 6.26. The van der Waals surface area contributed by atoms with Gasteiger partial charge in [0.1, 0.15) is 0 Å². The molecule has 0 bridgehead atoms. The average Bonchev–Trinajstić information content (AvgIpc) is 3.05. The molecule has 0 fully saturated rings. The molecular weight excluding hydrogens is 323 g/mol. The molecule has 1 heterocycles. The van der Waals surface area contributed by atoms with Gasteiger partial charge in [0.2, 0.25) is 0 Å². The number of rotatable bonds is 2. The number of benzene rings is 3. The molecule has 0 saturated carbocycles. The number of hydrogen-bond acceptors (Lipinski definition) is 1. The number of nitrogens with one attached hydrogen (secondary N) is 1. The van der Waals surface area contributed by atoms with Gasteiger partial charge in [-0.2, -0.15) is 13.2 Å². The first-order valence-electron chi connectivity index (χ1n) is 8.13. The van der Waals surface area contributed by atoms with E-state index in [2.05, 4.69) is 29.6 Å². The molecule has 1 aliphatic rings. The molecule has 4 heteroatoms. The molecule has 126 valence electrons. The summed E-state index contributed by atoms with van der Waals surface area (Å²) >= 11 is 0. The minimum Gasteiger partial charge on any atom is -0.378 e. The number of hydrogen-bond donors (Lipinski definition) is 1. The Hall–Kier alpha value is -2.75. The lowest BCUT2D eigenvalue weighted by Crippen LogP contribution is -2.06. The minimum atomic E-state index is -4.31. The summed E-state index contributed by atoms with van der Waals surface area (Å²) < 4.78 is 38.6. The topological polar surface area (TPSA) is 12.0 Å². The fourth-order valence-electron chi connectivity index (χ4n) is 3.26. The van der Waals surface area contributed by atoms with Crippen molar-refractivity contribution in [2.45, 2.75) is 18.6 Å². The van der Waals surface area contributed by atoms with Crippen LogP contribution >= 0.6 is 0 Å². The van der Waals surface area contributed by atoms with E-state index in [1.807, 2.05) is 30.3 Å². The molecule has 0 aromatic heterocycles. The van der Waals surface area contributed by atoms with Crippen LogP contribution in [0.2, 0.25) is 0 Å². The van der Waals surface area contributed by atoms with E-state index in [0.717, 1.165) is 28.3 Å². The maximum atomic E-state index is 12.9. The van der Waals surface area contributed by atoms with Crippen LogP contribution in [-0.4, -0.2) is 0 Å². The lowest BCUT2D eigenvalue weighted by Gasteiger charge is -2.13. The third kappa shape index (κ3) is 3.12. The summed E-state index contributed by atoms with van der Waals surface area (Å²) in [6, 6.07) is 22.2. The van der Waals surface area contributed by atoms with Crippen molar-refractivity contribution in [1.29, 1.82) is 0 Å². The number of anilines is 1. The van der Waals surface area contributed by atoms with Gasteiger partial charge in [-0.25, -0.2) is 0 Å². The molecule has 1 nitrogen and oxygen atoms in total. The molecule has 1 unspecified atom stereocenters. The smallest absolute Gasteiger partial charge is 0.378 e. The third-order valence-corrected chi connectivity index (χ3v) is 4.61. The highest BCUT2D eigenvalue weighted by atomic mass is 19.4. The molecule has 4 rings (SSSR count). The monoisotopic (exact) mass is 339 g/mol. The molecule has 0 radical (unpaired) electrons. The Kier molecular flexibility index (Phi) is 3.75. The zero-order valence-corrected chi connectivity index (χ0v) is 13.3. The van der Waals surface area contributed by atoms with Crippen LogP contribution in [0.3, 0.4) is 0 Å². The molecule has 1 aliphatic heterocycles. The predicted molar refractivity (Wildman–Crippen MR) is 93.4 cm³/mol. The van der Waals surface area contributed by atoms with Gasteiger partial charge in [-0.15, -0.1) is 0 Å². The van der Waals surface area contributed by atoms with Gasteiger partial charge in [0.25, 0.3) is 0 Å². The van der Waals surface area contributed by atoms with E-state index >= 15 is 0 Å². The summed E-state index contributed by atoms with van der Waals surface area (Å²) in [6.45, 7) is 0. The van der Waals surface area contributed by atoms with Gasteiger partial charge in [-0.05, 0) is 40.8 Å². The maximum Gasteiger partial charge on any atom is 0.416 e. The van der Waals surface area contributed by atoms with Gasteiger partial charge in [0, 0.05) is 5.69 Å². The summed E-state index contributed by atoms with van der Waals surface area (Å²) in [5.74, 6) is 0. The zero-order valence-electron chi connectivity index (χ0n) is 13.3. The van der Waals surface area contributed by atoms with Crippen molar-refractivity contribution in [3.8, 4) is 11.1 Å². The fourth-order valence-corrected chi connectivity index (χ4v) is 3.26. The Bertz CT molecular complexity index is 883. The first kappa shape index (κ1) is 15.8. The largest absolute Gasteiger partial charge is 0.416 e. The predicted octanol–water partition coefficient (Wildman–Crippen LogP) is 6.08. The van der Waals surface area contributed by atoms with Crippen molar-refractivity contribution in [2.75, 3.05) is 5.32 Å². The first-order chi connectivity index (χ1) is 12.0. The molecule has 25 heavy (non-hydrogen) atoms. The van der Waals surface area contributed by atoms with Crippen LogP contribution in [-0.2, 0) is 12.6 Å². The van der Waals surface area contributed by atoms with E-state index in [0.29, 0.717) is 12.1 Å². The lowest BCUT2D eigenvalue weighted by atomic mass is 9.99. The summed E-state index contributed by atoms with van der Waals surface area (Å²) in [5, 5.41) is 3.22. The van der Waals surface area contributed by atoms with Gasteiger partial charge in [-0.1, -0.05) is 60.7 Å². The standard InChI is InChI=1S/C21H16F3N/c22-21(23,24)18-11-10-17-12-19(25-20(17)13-18)16-8-6-15(7-9-16)14-4-2-1-3-5-14/h1-11,13,19,25H,12H2. The van der Waals surface area contributed by atoms with E-state index in [4.69, 9.17) is 0 Å². The van der Waals surface area contributed by atoms with E-state index in [1.54, 1.807) is 6.07 Å². The van der Waals surface area contributed by atoms with Crippen LogP contribution in [0, 0.1) is 0 Å². The second kappa shape index (κ2) is 5.96. The van der Waals surface area contributed by atoms with Crippen molar-refractivity contribution >= 4 is 5.69 Å². The first-order valence-corrected chi connectivity index (χ1v) is 8.13. The fraction of sp³-hybridized carbons (Fsp3) is 0.143. The summed E-state index contributed by atoms with van der Waals surface area (Å²) in [5.41, 5.74) is 4.23. The number of halogens is 3. The van der Waals surface area contributed by atoms with Gasteiger partial charge < -0.3 is 5.32 Å². The highest BCUT2D eigenvalue weighted by Crippen LogP contribution is 2.39. The van der Waals surface area contributed by atoms with E-state index in [9.17, 15) is 13.2 Å². The quantitative estimate of drug-likeness (QED) is 0.596. The summed E-state index contributed by atoms with van der Waals surface area (Å²) in [6.07, 6.45) is -3.62. The molecule has 1 atom stereocenters. The Morgan fingerprint density at radius 2 is 1.48 bits per heavy atom. The van der Waals surface area contributed by atoms with E-state index < -0.39 is 11.7 Å². The Balaban J connectivity index is 1.56. The number of alkyl halides is 3. The van der Waals surface area contributed by atoms with E-state index in [1.165, 1.54) is 6.07 Å². The molecule has 0 saturated heterocycles. The van der Waals surface area contributed by atoms with Crippen LogP contribution in [0.5, 0.6) is 0 Å². The van der Waals surface area contributed by atoms with E-state index in [-0.39, 0.29) is 6.04 Å². The van der Waals surface area contributed by atoms with Crippen LogP contribution in [0.4, 0.5) is 18.9 Å². The number of fused-ring (bicyclic) bond motifs is 1. The Morgan fingerprint density at radius 3 is 2.16 bits per heavy atom. The Morgan fingerprint density at radius 1 is 0.800 bits per heavy atom. The summed E-state index contributed by atoms with van der Waals surface area (Å²) in [7, 11) is 0. The van der Waals surface area contributed by atoms with Crippen LogP contribution in [0.1, 0.15) is 22.7 Å². The average molecular weight is 339 g/mol. The highest BCUT2D eigenvalue weighted by molar-refractivity contribution is 5.65. The molecular formula is C21H16F3N. The highest BCUT2D eigenvalue weighted by Gasteiger charge is 2.32. The van der Waals surface area contributed by atoms with Gasteiger partial charge >= 0.3 is 6.18 Å². The van der Waals surface area contributed by atoms with Crippen molar-refractivity contribution < 1.29 is 13.2 Å². The van der Waals surface area contributed by atoms with Crippen molar-refractivity contribution in [3.05, 3.63) is 89.5 Å².